The first kappa shape index (κ1) is 16.0. The number of halogens is 1. The fourth-order valence-corrected chi connectivity index (χ4v) is 3.16. The van der Waals surface area contributed by atoms with Crippen LogP contribution in [0.1, 0.15) is 18.7 Å². The third kappa shape index (κ3) is 3.38. The van der Waals surface area contributed by atoms with Gasteiger partial charge in [-0.2, -0.15) is 0 Å². The Morgan fingerprint density at radius 3 is 2.57 bits per heavy atom. The number of aromatic nitrogens is 3. The molecule has 0 bridgehead atoms. The molecule has 7 heteroatoms. The van der Waals surface area contributed by atoms with Gasteiger partial charge in [0.2, 0.25) is 0 Å². The minimum absolute atomic E-state index is 0.316. The first-order valence-corrected chi connectivity index (χ1v) is 8.16. The number of nitrogens with one attached hydrogen (secondary N) is 1. The average molecular weight is 333 g/mol. The Kier molecular flexibility index (Phi) is 4.93. The maximum absolute atomic E-state index is 6.15. The molecular weight excluding hydrogens is 312 g/mol. The van der Waals surface area contributed by atoms with Gasteiger partial charge in [-0.1, -0.05) is 17.7 Å². The van der Waals surface area contributed by atoms with Crippen LogP contribution in [0.2, 0.25) is 5.15 Å². The van der Waals surface area contributed by atoms with E-state index in [0.29, 0.717) is 11.2 Å². The van der Waals surface area contributed by atoms with Crippen molar-refractivity contribution in [1.29, 1.82) is 0 Å². The molecule has 1 atom stereocenters. The first-order chi connectivity index (χ1) is 11.2. The van der Waals surface area contributed by atoms with E-state index in [4.69, 9.17) is 11.6 Å². The van der Waals surface area contributed by atoms with Gasteiger partial charge in [0.25, 0.3) is 0 Å². The van der Waals surface area contributed by atoms with Crippen molar-refractivity contribution in [1.82, 2.24) is 19.9 Å². The molecule has 1 saturated heterocycles. The molecule has 0 aliphatic carbocycles. The molecule has 1 unspecified atom stereocenters. The summed E-state index contributed by atoms with van der Waals surface area (Å²) in [5, 5.41) is 3.56. The molecule has 1 N–H and O–H groups in total. The second kappa shape index (κ2) is 7.10. The van der Waals surface area contributed by atoms with E-state index >= 15 is 0 Å². The van der Waals surface area contributed by atoms with Gasteiger partial charge in [-0.15, -0.1) is 0 Å². The highest BCUT2D eigenvalue weighted by molar-refractivity contribution is 6.32. The SMILES string of the molecule is CNc1c(Cl)ncnc1N1CCN(C(C)c2ccccn2)CC1. The van der Waals surface area contributed by atoms with E-state index in [1.54, 1.807) is 0 Å². The zero-order chi connectivity index (χ0) is 16.2. The molecule has 2 aromatic rings. The second-order valence-corrected chi connectivity index (χ2v) is 5.92. The summed E-state index contributed by atoms with van der Waals surface area (Å²) < 4.78 is 0. The number of hydrogen-bond donors (Lipinski definition) is 1. The lowest BCUT2D eigenvalue weighted by Gasteiger charge is -2.38. The third-order valence-electron chi connectivity index (χ3n) is 4.31. The number of nitrogens with zero attached hydrogens (tertiary/aromatic N) is 5. The van der Waals surface area contributed by atoms with Crippen LogP contribution in [-0.4, -0.2) is 53.1 Å². The predicted molar refractivity (Wildman–Crippen MR) is 93.0 cm³/mol. The van der Waals surface area contributed by atoms with E-state index in [2.05, 4.69) is 43.1 Å². The molecule has 1 aliphatic heterocycles. The number of anilines is 2. The lowest BCUT2D eigenvalue weighted by atomic mass is 10.1. The molecule has 3 rings (SSSR count). The van der Waals surface area contributed by atoms with Crippen molar-refractivity contribution < 1.29 is 0 Å². The predicted octanol–water partition coefficient (Wildman–Crippen LogP) is 2.45. The molecule has 0 amide bonds. The Morgan fingerprint density at radius 1 is 1.13 bits per heavy atom. The molecule has 23 heavy (non-hydrogen) atoms. The Bertz CT molecular complexity index is 642. The van der Waals surface area contributed by atoms with E-state index in [1.165, 1.54) is 6.33 Å². The highest BCUT2D eigenvalue weighted by Gasteiger charge is 2.25. The molecule has 1 fully saturated rings. The topological polar surface area (TPSA) is 57.2 Å². The highest BCUT2D eigenvalue weighted by Crippen LogP contribution is 2.30. The summed E-state index contributed by atoms with van der Waals surface area (Å²) >= 11 is 6.15. The van der Waals surface area contributed by atoms with Gasteiger partial charge in [0.05, 0.1) is 5.69 Å². The van der Waals surface area contributed by atoms with Gasteiger partial charge in [0.15, 0.2) is 11.0 Å². The van der Waals surface area contributed by atoms with Crippen molar-refractivity contribution in [2.45, 2.75) is 13.0 Å². The van der Waals surface area contributed by atoms with Crippen LogP contribution in [0.15, 0.2) is 30.7 Å². The van der Waals surface area contributed by atoms with Crippen LogP contribution in [0.4, 0.5) is 11.5 Å². The zero-order valence-electron chi connectivity index (χ0n) is 13.4. The molecule has 0 spiro atoms. The third-order valence-corrected chi connectivity index (χ3v) is 4.59. The number of rotatable bonds is 4. The minimum atomic E-state index is 0.316. The van der Waals surface area contributed by atoms with Crippen molar-refractivity contribution in [2.24, 2.45) is 0 Å². The summed E-state index contributed by atoms with van der Waals surface area (Å²) in [6, 6.07) is 6.39. The Morgan fingerprint density at radius 2 is 1.91 bits per heavy atom. The normalized spacial score (nSPS) is 17.1. The molecule has 6 nitrogen and oxygen atoms in total. The van der Waals surface area contributed by atoms with Gasteiger partial charge < -0.3 is 10.2 Å². The molecule has 0 saturated carbocycles. The quantitative estimate of drug-likeness (QED) is 0.868. The monoisotopic (exact) mass is 332 g/mol. The van der Waals surface area contributed by atoms with Crippen molar-refractivity contribution in [2.75, 3.05) is 43.4 Å². The summed E-state index contributed by atoms with van der Waals surface area (Å²) in [6.07, 6.45) is 3.37. The Labute approximate surface area is 141 Å². The van der Waals surface area contributed by atoms with Gasteiger partial charge >= 0.3 is 0 Å². The zero-order valence-corrected chi connectivity index (χ0v) is 14.2. The molecule has 0 aromatic carbocycles. The first-order valence-electron chi connectivity index (χ1n) is 7.79. The van der Waals surface area contributed by atoms with E-state index in [9.17, 15) is 0 Å². The van der Waals surface area contributed by atoms with Gasteiger partial charge in [-0.3, -0.25) is 9.88 Å². The summed E-state index contributed by atoms with van der Waals surface area (Å²) in [7, 11) is 1.84. The van der Waals surface area contributed by atoms with Crippen molar-refractivity contribution in [3.63, 3.8) is 0 Å². The van der Waals surface area contributed by atoms with Crippen molar-refractivity contribution in [3.05, 3.63) is 41.6 Å². The summed E-state index contributed by atoms with van der Waals surface area (Å²) in [6.45, 7) is 5.93. The van der Waals surface area contributed by atoms with Crippen LogP contribution in [-0.2, 0) is 0 Å². The van der Waals surface area contributed by atoms with Crippen LogP contribution in [0.3, 0.4) is 0 Å². The fraction of sp³-hybridized carbons (Fsp3) is 0.438. The van der Waals surface area contributed by atoms with Crippen LogP contribution in [0.5, 0.6) is 0 Å². The van der Waals surface area contributed by atoms with E-state index < -0.39 is 0 Å². The molecule has 0 radical (unpaired) electrons. The van der Waals surface area contributed by atoms with E-state index in [1.807, 2.05) is 25.4 Å². The van der Waals surface area contributed by atoms with Crippen molar-refractivity contribution >= 4 is 23.1 Å². The molecule has 1 aliphatic rings. The van der Waals surface area contributed by atoms with Crippen LogP contribution < -0.4 is 10.2 Å². The maximum Gasteiger partial charge on any atom is 0.157 e. The van der Waals surface area contributed by atoms with E-state index in [-0.39, 0.29) is 0 Å². The Balaban J connectivity index is 1.68. The van der Waals surface area contributed by atoms with E-state index in [0.717, 1.165) is 43.4 Å². The van der Waals surface area contributed by atoms with Crippen LogP contribution in [0, 0.1) is 0 Å². The van der Waals surface area contributed by atoms with Crippen LogP contribution >= 0.6 is 11.6 Å². The molecule has 2 aromatic heterocycles. The smallest absolute Gasteiger partial charge is 0.157 e. The van der Waals surface area contributed by atoms with Gasteiger partial charge in [-0.25, -0.2) is 9.97 Å². The minimum Gasteiger partial charge on any atom is -0.383 e. The fourth-order valence-electron chi connectivity index (χ4n) is 2.94. The highest BCUT2D eigenvalue weighted by atomic mass is 35.5. The number of piperazine rings is 1. The summed E-state index contributed by atoms with van der Waals surface area (Å²) in [4.78, 5) is 17.6. The average Bonchev–Trinajstić information content (AvgIpc) is 2.62. The van der Waals surface area contributed by atoms with Gasteiger partial charge in [0, 0.05) is 45.5 Å². The molecular formula is C16H21ClN6. The number of hydrogen-bond acceptors (Lipinski definition) is 6. The number of pyridine rings is 1. The standard InChI is InChI=1S/C16H21ClN6/c1-12(13-5-3-4-6-19-13)22-7-9-23(10-8-22)16-14(18-2)15(17)20-11-21-16/h3-6,11-12,18H,7-10H2,1-2H3. The Hall–Kier alpha value is -1.92. The lowest BCUT2D eigenvalue weighted by molar-refractivity contribution is 0.195. The van der Waals surface area contributed by atoms with Gasteiger partial charge in [0.1, 0.15) is 12.0 Å². The van der Waals surface area contributed by atoms with Crippen LogP contribution in [0.25, 0.3) is 0 Å². The lowest BCUT2D eigenvalue weighted by Crippen LogP contribution is -2.47. The molecule has 122 valence electrons. The summed E-state index contributed by atoms with van der Waals surface area (Å²) in [5.41, 5.74) is 1.90. The van der Waals surface area contributed by atoms with Gasteiger partial charge in [-0.05, 0) is 19.1 Å². The second-order valence-electron chi connectivity index (χ2n) is 5.57. The van der Waals surface area contributed by atoms with Crippen molar-refractivity contribution in [3.8, 4) is 0 Å². The maximum atomic E-state index is 6.15. The molecule has 3 heterocycles. The summed E-state index contributed by atoms with van der Waals surface area (Å²) in [5.74, 6) is 0.873. The largest absolute Gasteiger partial charge is 0.383 e.